The summed E-state index contributed by atoms with van der Waals surface area (Å²) in [6.45, 7) is 17.8. The van der Waals surface area contributed by atoms with Crippen molar-refractivity contribution >= 4 is 12.4 Å². The molecule has 0 aromatic heterocycles. The van der Waals surface area contributed by atoms with Gasteiger partial charge >= 0.3 is 149 Å². The summed E-state index contributed by atoms with van der Waals surface area (Å²) in [4.78, 5) is 0. The summed E-state index contributed by atoms with van der Waals surface area (Å²) in [5.41, 5.74) is 6.77. The van der Waals surface area contributed by atoms with Crippen LogP contribution in [0.2, 0.25) is 6.82 Å². The number of aryl methyl sites for hydroxylation is 1. The Bertz CT molecular complexity index is 879. The van der Waals surface area contributed by atoms with Gasteiger partial charge in [-0.05, 0) is 11.5 Å². The second-order valence-corrected chi connectivity index (χ2v) is 9.34. The molecule has 2 aromatic rings. The zero-order valence-corrected chi connectivity index (χ0v) is 21.6. The van der Waals surface area contributed by atoms with Gasteiger partial charge in [-0.1, -0.05) is 44.2 Å². The molecule has 0 aliphatic heterocycles. The quantitative estimate of drug-likeness (QED) is 0.295. The molecule has 0 heterocycles. The van der Waals surface area contributed by atoms with Crippen LogP contribution in [-0.2, 0) is 12.8 Å². The smallest absolute Gasteiger partial charge is 0.0622 e. The van der Waals surface area contributed by atoms with Crippen LogP contribution < -0.4 is 5.32 Å². The van der Waals surface area contributed by atoms with Crippen LogP contribution in [0.1, 0.15) is 76.0 Å². The van der Waals surface area contributed by atoms with Crippen molar-refractivity contribution in [1.29, 1.82) is 0 Å². The van der Waals surface area contributed by atoms with Crippen LogP contribution in [-0.4, -0.2) is 18.4 Å². The van der Waals surface area contributed by atoms with Crippen molar-refractivity contribution in [3.63, 3.8) is 0 Å². The van der Waals surface area contributed by atoms with Crippen molar-refractivity contribution in [2.45, 2.75) is 85.0 Å². The van der Waals surface area contributed by atoms with E-state index < -0.39 is 0 Å². The van der Waals surface area contributed by atoms with Crippen LogP contribution >= 0.6 is 0 Å². The molecule has 0 bridgehead atoms. The Balaban J connectivity index is 1.94. The van der Waals surface area contributed by atoms with Gasteiger partial charge in [-0.2, -0.15) is 0 Å². The average molecular weight is 442 g/mol. The standard InChI is InChI=1S/C31H44BN/c1-7-9-16-30(32-6)22-21-27-17-19-28(20-18-27)23-31(13-8-2)33-26(5)24(3)25(4)29-14-11-10-12-15-29/h9-12,14-20,24-25,31,33H,5,7-8,13,21-23H2,1-4,6H3/b16-9-. The third kappa shape index (κ3) is 9.20. The average Bonchev–Trinajstić information content (AvgIpc) is 2.84. The predicted molar refractivity (Wildman–Crippen MR) is 150 cm³/mol. The molecule has 0 saturated heterocycles. The fourth-order valence-electron chi connectivity index (χ4n) is 4.32. The molecule has 2 aromatic carbocycles. The van der Waals surface area contributed by atoms with E-state index in [1.807, 2.05) is 0 Å². The fourth-order valence-corrected chi connectivity index (χ4v) is 4.32. The van der Waals surface area contributed by atoms with Gasteiger partial charge in [0.05, 0.1) is 0 Å². The molecule has 0 amide bonds. The number of hydrogen-bond donors (Lipinski definition) is 1. The van der Waals surface area contributed by atoms with Crippen LogP contribution in [0.3, 0.4) is 0 Å². The maximum atomic E-state index is 4.43. The number of allylic oxidation sites excluding steroid dienone is 3. The summed E-state index contributed by atoms with van der Waals surface area (Å²) in [5, 5.41) is 3.79. The van der Waals surface area contributed by atoms with Crippen molar-refractivity contribution in [3.8, 4) is 0 Å². The molecule has 1 nitrogen and oxygen atoms in total. The summed E-state index contributed by atoms with van der Waals surface area (Å²) < 4.78 is 0. The Morgan fingerprint density at radius 3 is 2.27 bits per heavy atom. The van der Waals surface area contributed by atoms with E-state index >= 15 is 0 Å². The first kappa shape index (κ1) is 26.9. The zero-order valence-electron chi connectivity index (χ0n) is 21.6. The molecule has 1 N–H and O–H groups in total. The van der Waals surface area contributed by atoms with E-state index in [1.54, 1.807) is 0 Å². The molecular weight excluding hydrogens is 397 g/mol. The van der Waals surface area contributed by atoms with Crippen molar-refractivity contribution in [3.05, 3.63) is 95.7 Å². The number of hydrogen-bond acceptors (Lipinski definition) is 1. The third-order valence-corrected chi connectivity index (χ3v) is 6.80. The molecular formula is C31H44BN. The minimum atomic E-state index is 0.386. The van der Waals surface area contributed by atoms with Gasteiger partial charge < -0.3 is 0 Å². The number of nitrogens with one attached hydrogen (secondary N) is 1. The molecule has 2 rings (SSSR count). The molecule has 0 spiro atoms. The first-order chi connectivity index (χ1) is 16.0. The summed E-state index contributed by atoms with van der Waals surface area (Å²) >= 11 is 0. The second-order valence-electron chi connectivity index (χ2n) is 9.34. The van der Waals surface area contributed by atoms with Gasteiger partial charge in [0.25, 0.3) is 0 Å². The molecule has 0 fully saturated rings. The Kier molecular flexibility index (Phi) is 12.0. The topological polar surface area (TPSA) is 12.0 Å². The minimum absolute atomic E-state index is 0.386. The number of benzene rings is 2. The SMILES string of the molecule is C=C(NC(CCC)Cc1ccc(CCC(=BC)/C=C\CC)cc1)C(C)C(C)c1ccccc1. The van der Waals surface area contributed by atoms with Gasteiger partial charge in [0.15, 0.2) is 0 Å². The van der Waals surface area contributed by atoms with E-state index in [4.69, 9.17) is 0 Å². The van der Waals surface area contributed by atoms with E-state index in [2.05, 4.69) is 120 Å². The van der Waals surface area contributed by atoms with E-state index in [1.165, 1.54) is 28.6 Å². The monoisotopic (exact) mass is 441 g/mol. The number of rotatable bonds is 14. The van der Waals surface area contributed by atoms with Crippen LogP contribution in [0.5, 0.6) is 0 Å². The first-order valence-corrected chi connectivity index (χ1v) is 12.9. The van der Waals surface area contributed by atoms with Gasteiger partial charge in [-0.3, -0.25) is 0 Å². The van der Waals surface area contributed by atoms with Crippen molar-refractivity contribution in [2.75, 3.05) is 0 Å². The summed E-state index contributed by atoms with van der Waals surface area (Å²) in [6, 6.07) is 20.4. The van der Waals surface area contributed by atoms with Gasteiger partial charge in [0.1, 0.15) is 0 Å². The van der Waals surface area contributed by atoms with Gasteiger partial charge in [0, 0.05) is 0 Å². The Hall–Kier alpha value is -2.35. The van der Waals surface area contributed by atoms with Crippen LogP contribution in [0.25, 0.3) is 0 Å². The Labute approximate surface area is 204 Å². The molecule has 176 valence electrons. The van der Waals surface area contributed by atoms with E-state index in [0.717, 1.165) is 37.8 Å². The van der Waals surface area contributed by atoms with E-state index in [0.29, 0.717) is 17.9 Å². The zero-order chi connectivity index (χ0) is 24.1. The molecule has 0 saturated carbocycles. The third-order valence-electron chi connectivity index (χ3n) is 6.80. The van der Waals surface area contributed by atoms with E-state index in [9.17, 15) is 0 Å². The van der Waals surface area contributed by atoms with Gasteiger partial charge in [0.2, 0.25) is 0 Å². The minimum Gasteiger partial charge on any atom is -0.0622 e. The molecule has 0 aliphatic carbocycles. The molecule has 0 aliphatic rings. The Morgan fingerprint density at radius 1 is 1.00 bits per heavy atom. The molecule has 33 heavy (non-hydrogen) atoms. The fraction of sp³-hybridized carbons (Fsp3) is 0.452. The van der Waals surface area contributed by atoms with Crippen molar-refractivity contribution in [2.24, 2.45) is 5.92 Å². The second kappa shape index (κ2) is 14.7. The van der Waals surface area contributed by atoms with Gasteiger partial charge in [-0.15, -0.1) is 0 Å². The Morgan fingerprint density at radius 2 is 1.67 bits per heavy atom. The van der Waals surface area contributed by atoms with Crippen molar-refractivity contribution in [1.82, 2.24) is 5.32 Å². The summed E-state index contributed by atoms with van der Waals surface area (Å²) in [7, 11) is 0. The molecule has 2 heteroatoms. The van der Waals surface area contributed by atoms with Crippen LogP contribution in [0.4, 0.5) is 0 Å². The molecule has 0 radical (unpaired) electrons. The van der Waals surface area contributed by atoms with Crippen LogP contribution in [0, 0.1) is 5.92 Å². The summed E-state index contributed by atoms with van der Waals surface area (Å²) in [5.74, 6) is 0.832. The van der Waals surface area contributed by atoms with Gasteiger partial charge in [-0.25, -0.2) is 0 Å². The predicted octanol–water partition coefficient (Wildman–Crippen LogP) is 7.76. The molecule has 3 unspecified atom stereocenters. The van der Waals surface area contributed by atoms with E-state index in [-0.39, 0.29) is 0 Å². The summed E-state index contributed by atoms with van der Waals surface area (Å²) in [6.07, 6.45) is 11.2. The first-order valence-electron chi connectivity index (χ1n) is 12.9. The maximum absolute atomic E-state index is 4.43. The normalized spacial score (nSPS) is 14.5. The molecule has 3 atom stereocenters. The van der Waals surface area contributed by atoms with Crippen LogP contribution in [0.15, 0.2) is 79.0 Å². The van der Waals surface area contributed by atoms with Crippen molar-refractivity contribution < 1.29 is 0 Å².